The number of benzene rings is 2. The van der Waals surface area contributed by atoms with Gasteiger partial charge in [0.25, 0.3) is 5.91 Å². The molecule has 0 aliphatic carbocycles. The standard InChI is InChI=1S/C22H22N4O3/c1-29-20-8-4-17(5-9-20)13-25-15-19-14-24(10-11-26(19)22(25)28)21(27)18-6-2-16(12-23)3-7-18/h2-9,19H,10-11,13-15H2,1H3. The third-order valence-electron chi connectivity index (χ3n) is 5.51. The summed E-state index contributed by atoms with van der Waals surface area (Å²) in [5.74, 6) is 0.728. The van der Waals surface area contributed by atoms with Gasteiger partial charge >= 0.3 is 6.03 Å². The summed E-state index contributed by atoms with van der Waals surface area (Å²) in [5, 5.41) is 8.91. The number of amides is 3. The molecule has 2 saturated heterocycles. The van der Waals surface area contributed by atoms with Crippen LogP contribution in [0.25, 0.3) is 0 Å². The Labute approximate surface area is 169 Å². The van der Waals surface area contributed by atoms with Crippen molar-refractivity contribution in [2.75, 3.05) is 33.3 Å². The Morgan fingerprint density at radius 1 is 1.10 bits per heavy atom. The van der Waals surface area contributed by atoms with E-state index in [2.05, 4.69) is 6.07 Å². The monoisotopic (exact) mass is 390 g/mol. The highest BCUT2D eigenvalue weighted by molar-refractivity contribution is 5.94. The average molecular weight is 390 g/mol. The van der Waals surface area contributed by atoms with Crippen molar-refractivity contribution in [3.8, 4) is 11.8 Å². The van der Waals surface area contributed by atoms with Crippen molar-refractivity contribution < 1.29 is 14.3 Å². The molecule has 148 valence electrons. The molecule has 0 bridgehead atoms. The Morgan fingerprint density at radius 2 is 1.83 bits per heavy atom. The summed E-state index contributed by atoms with van der Waals surface area (Å²) in [5.41, 5.74) is 2.14. The minimum Gasteiger partial charge on any atom is -0.497 e. The van der Waals surface area contributed by atoms with Crippen LogP contribution in [-0.2, 0) is 6.54 Å². The predicted octanol–water partition coefficient (Wildman–Crippen LogP) is 2.33. The normalized spacial score (nSPS) is 18.4. The minimum absolute atomic E-state index is 0.00294. The highest BCUT2D eigenvalue weighted by atomic mass is 16.5. The van der Waals surface area contributed by atoms with Gasteiger partial charge in [-0.05, 0) is 42.0 Å². The van der Waals surface area contributed by atoms with Gasteiger partial charge in [-0.25, -0.2) is 4.79 Å². The lowest BCUT2D eigenvalue weighted by molar-refractivity contribution is 0.0617. The van der Waals surface area contributed by atoms with Crippen molar-refractivity contribution in [1.82, 2.24) is 14.7 Å². The Morgan fingerprint density at radius 3 is 2.48 bits per heavy atom. The summed E-state index contributed by atoms with van der Waals surface area (Å²) >= 11 is 0. The van der Waals surface area contributed by atoms with Crippen LogP contribution in [0, 0.1) is 11.3 Å². The van der Waals surface area contributed by atoms with Crippen LogP contribution >= 0.6 is 0 Å². The van der Waals surface area contributed by atoms with E-state index in [1.165, 1.54) is 0 Å². The van der Waals surface area contributed by atoms with E-state index in [1.54, 1.807) is 36.3 Å². The van der Waals surface area contributed by atoms with Gasteiger partial charge in [0.1, 0.15) is 5.75 Å². The molecule has 3 amide bonds. The largest absolute Gasteiger partial charge is 0.497 e. The first-order valence-electron chi connectivity index (χ1n) is 9.57. The molecule has 2 aliphatic rings. The van der Waals surface area contributed by atoms with Gasteiger partial charge < -0.3 is 19.4 Å². The number of methoxy groups -OCH3 is 1. The number of ether oxygens (including phenoxy) is 1. The van der Waals surface area contributed by atoms with Gasteiger partial charge in [0.2, 0.25) is 0 Å². The Bertz CT molecular complexity index is 950. The molecule has 0 N–H and O–H groups in total. The lowest BCUT2D eigenvalue weighted by atomic mass is 10.1. The molecule has 2 aliphatic heterocycles. The van der Waals surface area contributed by atoms with Gasteiger partial charge in [-0.2, -0.15) is 5.26 Å². The maximum absolute atomic E-state index is 12.8. The number of carbonyl (C=O) groups is 2. The third-order valence-corrected chi connectivity index (χ3v) is 5.51. The van der Waals surface area contributed by atoms with Crippen LogP contribution in [0.3, 0.4) is 0 Å². The molecular formula is C22H22N4O3. The maximum Gasteiger partial charge on any atom is 0.320 e. The quantitative estimate of drug-likeness (QED) is 0.803. The van der Waals surface area contributed by atoms with Gasteiger partial charge in [-0.15, -0.1) is 0 Å². The number of fused-ring (bicyclic) bond motifs is 1. The molecule has 2 aromatic carbocycles. The second-order valence-corrected chi connectivity index (χ2v) is 7.30. The first kappa shape index (κ1) is 18.8. The predicted molar refractivity (Wildman–Crippen MR) is 106 cm³/mol. The number of hydrogen-bond acceptors (Lipinski definition) is 4. The van der Waals surface area contributed by atoms with Gasteiger partial charge in [0.15, 0.2) is 0 Å². The molecule has 7 heteroatoms. The summed E-state index contributed by atoms with van der Waals surface area (Å²) < 4.78 is 5.18. The van der Waals surface area contributed by atoms with E-state index in [9.17, 15) is 9.59 Å². The van der Waals surface area contributed by atoms with Crippen LogP contribution in [0.2, 0.25) is 0 Å². The van der Waals surface area contributed by atoms with Crippen LogP contribution in [-0.4, -0.2) is 66.0 Å². The number of urea groups is 1. The number of piperazine rings is 1. The number of nitrogens with zero attached hydrogens (tertiary/aromatic N) is 4. The van der Waals surface area contributed by atoms with Crippen molar-refractivity contribution in [3.05, 3.63) is 65.2 Å². The summed E-state index contributed by atoms with van der Waals surface area (Å²) in [7, 11) is 1.63. The smallest absolute Gasteiger partial charge is 0.320 e. The molecule has 29 heavy (non-hydrogen) atoms. The summed E-state index contributed by atoms with van der Waals surface area (Å²) in [6.07, 6.45) is 0. The summed E-state index contributed by atoms with van der Waals surface area (Å²) in [6.45, 7) is 2.70. The Hall–Kier alpha value is -3.53. The molecule has 1 atom stereocenters. The van der Waals surface area contributed by atoms with E-state index in [-0.39, 0.29) is 18.0 Å². The van der Waals surface area contributed by atoms with Gasteiger partial charge in [-0.1, -0.05) is 12.1 Å². The third kappa shape index (κ3) is 3.74. The molecule has 0 spiro atoms. The number of rotatable bonds is 4. The number of nitriles is 1. The molecule has 0 aromatic heterocycles. The van der Waals surface area contributed by atoms with Crippen molar-refractivity contribution in [1.29, 1.82) is 5.26 Å². The molecule has 7 nitrogen and oxygen atoms in total. The van der Waals surface area contributed by atoms with Gasteiger partial charge in [-0.3, -0.25) is 4.79 Å². The molecule has 1 unspecified atom stereocenters. The first-order valence-corrected chi connectivity index (χ1v) is 9.57. The van der Waals surface area contributed by atoms with Crippen molar-refractivity contribution in [2.24, 2.45) is 0 Å². The van der Waals surface area contributed by atoms with E-state index in [0.717, 1.165) is 11.3 Å². The van der Waals surface area contributed by atoms with E-state index in [0.29, 0.717) is 43.9 Å². The SMILES string of the molecule is COc1ccc(CN2CC3CN(C(=O)c4ccc(C#N)cc4)CCN3C2=O)cc1. The first-order chi connectivity index (χ1) is 14.1. The topological polar surface area (TPSA) is 76.9 Å². The highest BCUT2D eigenvalue weighted by Crippen LogP contribution is 2.24. The zero-order chi connectivity index (χ0) is 20.4. The minimum atomic E-state index is -0.0600. The molecule has 2 aromatic rings. The molecule has 4 rings (SSSR count). The fourth-order valence-electron chi connectivity index (χ4n) is 3.92. The number of carbonyl (C=O) groups excluding carboxylic acids is 2. The zero-order valence-corrected chi connectivity index (χ0v) is 16.2. The van der Waals surface area contributed by atoms with Gasteiger partial charge in [0, 0.05) is 38.3 Å². The Kier molecular flexibility index (Phi) is 5.09. The zero-order valence-electron chi connectivity index (χ0n) is 16.2. The molecule has 0 radical (unpaired) electrons. The van der Waals surface area contributed by atoms with Crippen LogP contribution in [0.4, 0.5) is 4.79 Å². The second-order valence-electron chi connectivity index (χ2n) is 7.30. The van der Waals surface area contributed by atoms with E-state index < -0.39 is 0 Å². The van der Waals surface area contributed by atoms with Crippen LogP contribution in [0.1, 0.15) is 21.5 Å². The lowest BCUT2D eigenvalue weighted by Gasteiger charge is -2.36. The van der Waals surface area contributed by atoms with Crippen LogP contribution in [0.5, 0.6) is 5.75 Å². The second kappa shape index (κ2) is 7.84. The number of hydrogen-bond donors (Lipinski definition) is 0. The molecule has 2 fully saturated rings. The molecule has 2 heterocycles. The van der Waals surface area contributed by atoms with E-state index in [1.807, 2.05) is 34.1 Å². The van der Waals surface area contributed by atoms with E-state index in [4.69, 9.17) is 10.00 Å². The summed E-state index contributed by atoms with van der Waals surface area (Å²) in [6, 6.07) is 16.5. The maximum atomic E-state index is 12.8. The highest BCUT2D eigenvalue weighted by Gasteiger charge is 2.41. The fraction of sp³-hybridized carbons (Fsp3) is 0.318. The lowest BCUT2D eigenvalue weighted by Crippen LogP contribution is -2.53. The summed E-state index contributed by atoms with van der Waals surface area (Å²) in [4.78, 5) is 31.1. The van der Waals surface area contributed by atoms with Gasteiger partial charge in [0.05, 0.1) is 24.8 Å². The van der Waals surface area contributed by atoms with Crippen LogP contribution in [0.15, 0.2) is 48.5 Å². The van der Waals surface area contributed by atoms with Crippen molar-refractivity contribution >= 4 is 11.9 Å². The molecule has 0 saturated carbocycles. The average Bonchev–Trinajstić information content (AvgIpc) is 3.08. The van der Waals surface area contributed by atoms with Crippen LogP contribution < -0.4 is 4.74 Å². The Balaban J connectivity index is 1.41. The van der Waals surface area contributed by atoms with Crippen molar-refractivity contribution in [3.63, 3.8) is 0 Å². The van der Waals surface area contributed by atoms with Crippen molar-refractivity contribution in [2.45, 2.75) is 12.6 Å². The van der Waals surface area contributed by atoms with E-state index >= 15 is 0 Å². The fourth-order valence-corrected chi connectivity index (χ4v) is 3.92. The molecular weight excluding hydrogens is 368 g/mol.